The number of amides is 1. The van der Waals surface area contributed by atoms with Gasteiger partial charge in [-0.15, -0.1) is 0 Å². The van der Waals surface area contributed by atoms with Crippen LogP contribution in [-0.2, 0) is 9.84 Å². The van der Waals surface area contributed by atoms with Crippen LogP contribution in [0, 0.1) is 5.82 Å². The Morgan fingerprint density at radius 2 is 1.91 bits per heavy atom. The molecule has 0 fully saturated rings. The Bertz CT molecular complexity index is 1400. The quantitative estimate of drug-likeness (QED) is 0.480. The molecule has 3 aromatic heterocycles. The largest absolute Gasteiger partial charge is 0.344 e. The van der Waals surface area contributed by atoms with Crippen molar-refractivity contribution in [3.05, 3.63) is 78.3 Å². The molecule has 4 aromatic rings. The third-order valence-electron chi connectivity index (χ3n) is 5.06. The first-order valence-corrected chi connectivity index (χ1v) is 11.7. The van der Waals surface area contributed by atoms with E-state index in [4.69, 9.17) is 0 Å². The van der Waals surface area contributed by atoms with Crippen LogP contribution in [0.15, 0.2) is 66.1 Å². The molecule has 0 aliphatic rings. The number of carbonyl (C=O) groups excluding carboxylic acids is 1. The Kier molecular flexibility index (Phi) is 5.70. The van der Waals surface area contributed by atoms with Crippen molar-refractivity contribution in [2.45, 2.75) is 24.3 Å². The predicted molar refractivity (Wildman–Crippen MR) is 117 cm³/mol. The molecular weight excluding hydrogens is 433 g/mol. The third-order valence-corrected chi connectivity index (χ3v) is 6.17. The number of fused-ring (bicyclic) bond motifs is 1. The Morgan fingerprint density at radius 3 is 2.59 bits per heavy atom. The highest BCUT2D eigenvalue weighted by Gasteiger charge is 2.20. The molecule has 0 radical (unpaired) electrons. The Balaban J connectivity index is 1.66. The number of sulfone groups is 1. The smallest absolute Gasteiger partial charge is 0.254 e. The standard InChI is InChI=1S/C22H20FN5O3S/c1-3-19(20-10-16(8-9-25-20)32(2,30)31)27-22(29)18-11-24-13-21-17(18)12-26-28(21)15-6-4-14(23)5-7-15/h4-13,19H,3H2,1-2H3,(H,27,29)/t19-/m0/s1. The average molecular weight is 453 g/mol. The van der Waals surface area contributed by atoms with Crippen LogP contribution in [0.25, 0.3) is 16.6 Å². The summed E-state index contributed by atoms with van der Waals surface area (Å²) in [5, 5.41) is 7.81. The number of pyridine rings is 2. The first kappa shape index (κ1) is 21.6. The Hall–Kier alpha value is -3.66. The lowest BCUT2D eigenvalue weighted by Gasteiger charge is -2.17. The Morgan fingerprint density at radius 1 is 1.16 bits per heavy atom. The van der Waals surface area contributed by atoms with Gasteiger partial charge in [-0.25, -0.2) is 17.5 Å². The summed E-state index contributed by atoms with van der Waals surface area (Å²) in [6.07, 6.45) is 7.62. The van der Waals surface area contributed by atoms with Crippen LogP contribution in [0.4, 0.5) is 4.39 Å². The summed E-state index contributed by atoms with van der Waals surface area (Å²) in [4.78, 5) is 21.6. The van der Waals surface area contributed by atoms with E-state index in [1.165, 1.54) is 36.7 Å². The number of benzene rings is 1. The van der Waals surface area contributed by atoms with Gasteiger partial charge >= 0.3 is 0 Å². The fourth-order valence-electron chi connectivity index (χ4n) is 3.38. The van der Waals surface area contributed by atoms with Crippen molar-refractivity contribution < 1.29 is 17.6 Å². The minimum absolute atomic E-state index is 0.138. The molecule has 1 amide bonds. The van der Waals surface area contributed by atoms with Crippen molar-refractivity contribution >= 4 is 26.6 Å². The summed E-state index contributed by atoms with van der Waals surface area (Å²) in [5.41, 5.74) is 1.99. The Labute approximate surface area is 184 Å². The second-order valence-electron chi connectivity index (χ2n) is 7.28. The topological polar surface area (TPSA) is 107 Å². The van der Waals surface area contributed by atoms with E-state index in [0.717, 1.165) is 6.26 Å². The van der Waals surface area contributed by atoms with Gasteiger partial charge in [-0.05, 0) is 42.8 Å². The maximum absolute atomic E-state index is 13.3. The number of halogens is 1. The number of rotatable bonds is 6. The van der Waals surface area contributed by atoms with Crippen LogP contribution in [-0.4, -0.2) is 40.3 Å². The molecule has 8 nitrogen and oxygen atoms in total. The van der Waals surface area contributed by atoms with E-state index in [1.807, 2.05) is 6.92 Å². The summed E-state index contributed by atoms with van der Waals surface area (Å²) < 4.78 is 38.6. The highest BCUT2D eigenvalue weighted by molar-refractivity contribution is 7.90. The average Bonchev–Trinajstić information content (AvgIpc) is 3.21. The van der Waals surface area contributed by atoms with E-state index in [1.54, 1.807) is 29.2 Å². The number of aromatic nitrogens is 4. The van der Waals surface area contributed by atoms with Crippen molar-refractivity contribution in [3.63, 3.8) is 0 Å². The molecule has 3 heterocycles. The van der Waals surface area contributed by atoms with Gasteiger partial charge in [-0.2, -0.15) is 5.10 Å². The van der Waals surface area contributed by atoms with Gasteiger partial charge in [-0.3, -0.25) is 14.8 Å². The molecule has 4 rings (SSSR count). The molecule has 0 unspecified atom stereocenters. The van der Waals surface area contributed by atoms with Gasteiger partial charge < -0.3 is 5.32 Å². The minimum Gasteiger partial charge on any atom is -0.344 e. The van der Waals surface area contributed by atoms with Crippen LogP contribution >= 0.6 is 0 Å². The summed E-state index contributed by atoms with van der Waals surface area (Å²) in [5.74, 6) is -0.747. The van der Waals surface area contributed by atoms with Crippen LogP contribution < -0.4 is 5.32 Å². The van der Waals surface area contributed by atoms with Gasteiger partial charge in [0, 0.05) is 24.0 Å². The van der Waals surface area contributed by atoms with Gasteiger partial charge in [-0.1, -0.05) is 6.92 Å². The number of nitrogens with zero attached hydrogens (tertiary/aromatic N) is 4. The maximum Gasteiger partial charge on any atom is 0.254 e. The highest BCUT2D eigenvalue weighted by Crippen LogP contribution is 2.23. The molecule has 1 atom stereocenters. The normalized spacial score (nSPS) is 12.6. The van der Waals surface area contributed by atoms with Gasteiger partial charge in [0.1, 0.15) is 5.82 Å². The first-order valence-electron chi connectivity index (χ1n) is 9.82. The van der Waals surface area contributed by atoms with Crippen LogP contribution in [0.2, 0.25) is 0 Å². The van der Waals surface area contributed by atoms with Crippen molar-refractivity contribution in [1.82, 2.24) is 25.1 Å². The van der Waals surface area contributed by atoms with Crippen LogP contribution in [0.3, 0.4) is 0 Å². The van der Waals surface area contributed by atoms with E-state index >= 15 is 0 Å². The molecule has 32 heavy (non-hydrogen) atoms. The lowest BCUT2D eigenvalue weighted by atomic mass is 10.1. The van der Waals surface area contributed by atoms with Crippen molar-refractivity contribution in [3.8, 4) is 5.69 Å². The molecular formula is C22H20FN5O3S. The second kappa shape index (κ2) is 8.46. The van der Waals surface area contributed by atoms with Crippen molar-refractivity contribution in [1.29, 1.82) is 0 Å². The number of carbonyl (C=O) groups is 1. The molecule has 0 saturated carbocycles. The molecule has 0 bridgehead atoms. The van der Waals surface area contributed by atoms with Crippen LogP contribution in [0.1, 0.15) is 35.4 Å². The van der Waals surface area contributed by atoms with Crippen LogP contribution in [0.5, 0.6) is 0 Å². The van der Waals surface area contributed by atoms with Gasteiger partial charge in [0.05, 0.1) is 45.8 Å². The predicted octanol–water partition coefficient (Wildman–Crippen LogP) is 3.24. The molecule has 0 saturated heterocycles. The highest BCUT2D eigenvalue weighted by atomic mass is 32.2. The van der Waals surface area contributed by atoms with E-state index in [-0.39, 0.29) is 16.6 Å². The van der Waals surface area contributed by atoms with Gasteiger partial charge in [0.2, 0.25) is 0 Å². The third kappa shape index (κ3) is 4.22. The van der Waals surface area contributed by atoms with Crippen molar-refractivity contribution in [2.75, 3.05) is 6.26 Å². The van der Waals surface area contributed by atoms with Crippen molar-refractivity contribution in [2.24, 2.45) is 0 Å². The fraction of sp³-hybridized carbons (Fsp3) is 0.182. The maximum atomic E-state index is 13.3. The summed E-state index contributed by atoms with van der Waals surface area (Å²) in [6.45, 7) is 1.87. The van der Waals surface area contributed by atoms with E-state index in [0.29, 0.717) is 34.3 Å². The lowest BCUT2D eigenvalue weighted by molar-refractivity contribution is 0.0936. The zero-order valence-corrected chi connectivity index (χ0v) is 18.2. The molecule has 0 aliphatic heterocycles. The summed E-state index contributed by atoms with van der Waals surface area (Å²) >= 11 is 0. The fourth-order valence-corrected chi connectivity index (χ4v) is 4.02. The number of hydrogen-bond donors (Lipinski definition) is 1. The van der Waals surface area contributed by atoms with E-state index in [2.05, 4.69) is 20.4 Å². The second-order valence-corrected chi connectivity index (χ2v) is 9.29. The molecule has 164 valence electrons. The molecule has 10 heteroatoms. The van der Waals surface area contributed by atoms with E-state index in [9.17, 15) is 17.6 Å². The van der Waals surface area contributed by atoms with E-state index < -0.39 is 15.9 Å². The number of nitrogens with one attached hydrogen (secondary N) is 1. The monoisotopic (exact) mass is 453 g/mol. The minimum atomic E-state index is -3.40. The summed E-state index contributed by atoms with van der Waals surface area (Å²) in [6, 6.07) is 8.22. The van der Waals surface area contributed by atoms with Gasteiger partial charge in [0.15, 0.2) is 9.84 Å². The van der Waals surface area contributed by atoms with Gasteiger partial charge in [0.25, 0.3) is 5.91 Å². The zero-order chi connectivity index (χ0) is 22.9. The molecule has 1 N–H and O–H groups in total. The first-order chi connectivity index (χ1) is 15.3. The molecule has 1 aromatic carbocycles. The molecule has 0 spiro atoms. The number of hydrogen-bond acceptors (Lipinski definition) is 6. The zero-order valence-electron chi connectivity index (χ0n) is 17.4. The SMILES string of the molecule is CC[C@H](NC(=O)c1cncc2c1cnn2-c1ccc(F)cc1)c1cc(S(C)(=O)=O)ccn1. The summed E-state index contributed by atoms with van der Waals surface area (Å²) in [7, 11) is -3.40. The lowest BCUT2D eigenvalue weighted by Crippen LogP contribution is -2.29. The molecule has 0 aliphatic carbocycles.